The number of benzene rings is 1. The highest BCUT2D eigenvalue weighted by molar-refractivity contribution is 5.99. The Balaban J connectivity index is 2.15. The topological polar surface area (TPSA) is 32.3 Å². The van der Waals surface area contributed by atoms with Crippen LogP contribution < -0.4 is 10.2 Å². The number of carbonyl (C=O) groups excluding carboxylic acids is 1. The first kappa shape index (κ1) is 11.1. The Morgan fingerprint density at radius 2 is 2.31 bits per heavy atom. The van der Waals surface area contributed by atoms with Gasteiger partial charge in [-0.25, -0.2) is 0 Å². The molecule has 0 aliphatic carbocycles. The molecular formula is C13H18N2O. The minimum atomic E-state index is 0.00510. The normalized spacial score (nSPS) is 20.5. The van der Waals surface area contributed by atoms with E-state index in [2.05, 4.69) is 11.4 Å². The van der Waals surface area contributed by atoms with Crippen molar-refractivity contribution in [3.63, 3.8) is 0 Å². The SMILES string of the molecule is CCNC1CCN(c2cccc(C)c2)C1=O. The molecule has 1 aromatic rings. The summed E-state index contributed by atoms with van der Waals surface area (Å²) in [6.07, 6.45) is 0.903. The molecule has 1 aromatic carbocycles. The molecule has 1 fully saturated rings. The zero-order valence-electron chi connectivity index (χ0n) is 9.86. The van der Waals surface area contributed by atoms with Crippen molar-refractivity contribution in [3.05, 3.63) is 29.8 Å². The third-order valence-corrected chi connectivity index (χ3v) is 2.97. The number of nitrogens with one attached hydrogen (secondary N) is 1. The third-order valence-electron chi connectivity index (χ3n) is 2.97. The molecule has 0 saturated carbocycles. The summed E-state index contributed by atoms with van der Waals surface area (Å²) < 4.78 is 0. The molecule has 1 amide bonds. The maximum Gasteiger partial charge on any atom is 0.244 e. The Morgan fingerprint density at radius 3 is 3.00 bits per heavy atom. The van der Waals surface area contributed by atoms with Gasteiger partial charge in [0.1, 0.15) is 0 Å². The Labute approximate surface area is 96.5 Å². The number of anilines is 1. The molecule has 1 N–H and O–H groups in total. The van der Waals surface area contributed by atoms with Crippen LogP contribution in [-0.2, 0) is 4.79 Å². The van der Waals surface area contributed by atoms with Crippen LogP contribution in [0.3, 0.4) is 0 Å². The Bertz CT molecular complexity index is 389. The summed E-state index contributed by atoms with van der Waals surface area (Å²) in [6, 6.07) is 8.11. The van der Waals surface area contributed by atoms with Crippen molar-refractivity contribution in [3.8, 4) is 0 Å². The van der Waals surface area contributed by atoms with Gasteiger partial charge in [-0.3, -0.25) is 4.79 Å². The van der Waals surface area contributed by atoms with Crippen molar-refractivity contribution in [2.45, 2.75) is 26.3 Å². The zero-order valence-corrected chi connectivity index (χ0v) is 9.86. The van der Waals surface area contributed by atoms with E-state index < -0.39 is 0 Å². The number of nitrogens with zero attached hydrogens (tertiary/aromatic N) is 1. The van der Waals surface area contributed by atoms with E-state index in [0.717, 1.165) is 25.2 Å². The fourth-order valence-corrected chi connectivity index (χ4v) is 2.17. The van der Waals surface area contributed by atoms with Crippen molar-refractivity contribution >= 4 is 11.6 Å². The van der Waals surface area contributed by atoms with E-state index in [1.807, 2.05) is 36.9 Å². The molecule has 1 aliphatic heterocycles. The summed E-state index contributed by atoms with van der Waals surface area (Å²) >= 11 is 0. The van der Waals surface area contributed by atoms with Gasteiger partial charge < -0.3 is 10.2 Å². The van der Waals surface area contributed by atoms with Crippen LogP contribution in [0.1, 0.15) is 18.9 Å². The van der Waals surface area contributed by atoms with Crippen LogP contribution in [0, 0.1) is 6.92 Å². The average molecular weight is 218 g/mol. The van der Waals surface area contributed by atoms with Crippen LogP contribution in [0.25, 0.3) is 0 Å². The van der Waals surface area contributed by atoms with E-state index in [1.54, 1.807) is 0 Å². The van der Waals surface area contributed by atoms with Gasteiger partial charge in [-0.1, -0.05) is 19.1 Å². The zero-order chi connectivity index (χ0) is 11.5. The number of likely N-dealkylation sites (N-methyl/N-ethyl adjacent to an activating group) is 1. The highest BCUT2D eigenvalue weighted by Gasteiger charge is 2.31. The van der Waals surface area contributed by atoms with Crippen LogP contribution in [0.5, 0.6) is 0 Å². The second-order valence-corrected chi connectivity index (χ2v) is 4.23. The molecule has 86 valence electrons. The van der Waals surface area contributed by atoms with Gasteiger partial charge in [-0.05, 0) is 37.6 Å². The first-order chi connectivity index (χ1) is 7.72. The van der Waals surface area contributed by atoms with Crippen molar-refractivity contribution in [1.29, 1.82) is 0 Å². The molecule has 16 heavy (non-hydrogen) atoms. The van der Waals surface area contributed by atoms with Crippen molar-refractivity contribution in [2.24, 2.45) is 0 Å². The van der Waals surface area contributed by atoms with Gasteiger partial charge in [-0.15, -0.1) is 0 Å². The minimum Gasteiger partial charge on any atom is -0.311 e. The van der Waals surface area contributed by atoms with E-state index in [-0.39, 0.29) is 11.9 Å². The second-order valence-electron chi connectivity index (χ2n) is 4.23. The molecule has 0 bridgehead atoms. The molecule has 3 heteroatoms. The average Bonchev–Trinajstić information content (AvgIpc) is 2.61. The number of rotatable bonds is 3. The summed E-state index contributed by atoms with van der Waals surface area (Å²) in [5.74, 6) is 0.201. The Morgan fingerprint density at radius 1 is 1.50 bits per heavy atom. The molecule has 2 rings (SSSR count). The predicted molar refractivity (Wildman–Crippen MR) is 65.6 cm³/mol. The van der Waals surface area contributed by atoms with Crippen LogP contribution in [0.2, 0.25) is 0 Å². The molecule has 0 spiro atoms. The lowest BCUT2D eigenvalue weighted by Crippen LogP contribution is -2.38. The predicted octanol–water partition coefficient (Wildman–Crippen LogP) is 1.71. The molecule has 1 unspecified atom stereocenters. The molecule has 1 saturated heterocycles. The third kappa shape index (κ3) is 2.09. The molecule has 1 aliphatic rings. The molecule has 1 heterocycles. The standard InChI is InChI=1S/C13H18N2O/c1-3-14-12-7-8-15(13(12)16)11-6-4-5-10(2)9-11/h4-6,9,12,14H,3,7-8H2,1-2H3. The van der Waals surface area contributed by atoms with Crippen LogP contribution in [0.4, 0.5) is 5.69 Å². The summed E-state index contributed by atoms with van der Waals surface area (Å²) in [6.45, 7) is 5.74. The monoisotopic (exact) mass is 218 g/mol. The van der Waals surface area contributed by atoms with Gasteiger partial charge in [-0.2, -0.15) is 0 Å². The number of aryl methyl sites for hydroxylation is 1. The molecule has 3 nitrogen and oxygen atoms in total. The fourth-order valence-electron chi connectivity index (χ4n) is 2.17. The molecule has 0 radical (unpaired) electrons. The number of carbonyl (C=O) groups is 1. The van der Waals surface area contributed by atoms with E-state index in [0.29, 0.717) is 0 Å². The molecule has 0 aromatic heterocycles. The van der Waals surface area contributed by atoms with Gasteiger partial charge >= 0.3 is 0 Å². The van der Waals surface area contributed by atoms with E-state index >= 15 is 0 Å². The van der Waals surface area contributed by atoms with Crippen molar-refractivity contribution in [1.82, 2.24) is 5.32 Å². The number of hydrogen-bond donors (Lipinski definition) is 1. The maximum absolute atomic E-state index is 12.1. The van der Waals surface area contributed by atoms with Crippen LogP contribution in [-0.4, -0.2) is 25.0 Å². The quantitative estimate of drug-likeness (QED) is 0.837. The smallest absolute Gasteiger partial charge is 0.244 e. The molecular weight excluding hydrogens is 200 g/mol. The lowest BCUT2D eigenvalue weighted by Gasteiger charge is -2.17. The molecule has 1 atom stereocenters. The van der Waals surface area contributed by atoms with E-state index in [9.17, 15) is 4.79 Å². The van der Waals surface area contributed by atoms with Gasteiger partial charge in [0.05, 0.1) is 6.04 Å². The van der Waals surface area contributed by atoms with Crippen LogP contribution in [0.15, 0.2) is 24.3 Å². The number of amides is 1. The highest BCUT2D eigenvalue weighted by Crippen LogP contribution is 2.22. The van der Waals surface area contributed by atoms with Crippen molar-refractivity contribution in [2.75, 3.05) is 18.0 Å². The summed E-state index contributed by atoms with van der Waals surface area (Å²) in [5.41, 5.74) is 2.21. The summed E-state index contributed by atoms with van der Waals surface area (Å²) in [7, 11) is 0. The first-order valence-corrected chi connectivity index (χ1v) is 5.84. The maximum atomic E-state index is 12.1. The summed E-state index contributed by atoms with van der Waals surface area (Å²) in [5, 5.41) is 3.22. The fraction of sp³-hybridized carbons (Fsp3) is 0.462. The lowest BCUT2D eigenvalue weighted by molar-refractivity contribution is -0.118. The van der Waals surface area contributed by atoms with Gasteiger partial charge in [0, 0.05) is 12.2 Å². The minimum absolute atomic E-state index is 0.00510. The Kier molecular flexibility index (Phi) is 3.25. The largest absolute Gasteiger partial charge is 0.311 e. The first-order valence-electron chi connectivity index (χ1n) is 5.84. The summed E-state index contributed by atoms with van der Waals surface area (Å²) in [4.78, 5) is 13.9. The van der Waals surface area contributed by atoms with Gasteiger partial charge in [0.25, 0.3) is 0 Å². The van der Waals surface area contributed by atoms with E-state index in [4.69, 9.17) is 0 Å². The Hall–Kier alpha value is -1.35. The highest BCUT2D eigenvalue weighted by atomic mass is 16.2. The lowest BCUT2D eigenvalue weighted by atomic mass is 10.2. The number of hydrogen-bond acceptors (Lipinski definition) is 2. The van der Waals surface area contributed by atoms with Crippen molar-refractivity contribution < 1.29 is 4.79 Å². The van der Waals surface area contributed by atoms with Gasteiger partial charge in [0.15, 0.2) is 0 Å². The van der Waals surface area contributed by atoms with Gasteiger partial charge in [0.2, 0.25) is 5.91 Å². The van der Waals surface area contributed by atoms with E-state index in [1.165, 1.54) is 5.56 Å². The van der Waals surface area contributed by atoms with Crippen LogP contribution >= 0.6 is 0 Å². The second kappa shape index (κ2) is 4.66.